The van der Waals surface area contributed by atoms with E-state index in [9.17, 15) is 23.0 Å². The van der Waals surface area contributed by atoms with Gasteiger partial charge in [0.15, 0.2) is 0 Å². The lowest BCUT2D eigenvalue weighted by molar-refractivity contribution is -0.146. The third-order valence-electron chi connectivity index (χ3n) is 5.96. The van der Waals surface area contributed by atoms with Crippen LogP contribution in [0.5, 0.6) is 0 Å². The summed E-state index contributed by atoms with van der Waals surface area (Å²) in [4.78, 5) is 39.0. The molecule has 2 heterocycles. The summed E-state index contributed by atoms with van der Waals surface area (Å²) in [5.41, 5.74) is 0.617. The summed E-state index contributed by atoms with van der Waals surface area (Å²) in [6.45, 7) is 7.49. The van der Waals surface area contributed by atoms with Gasteiger partial charge in [-0.15, -0.1) is 0 Å². The van der Waals surface area contributed by atoms with E-state index < -0.39 is 70.0 Å². The fourth-order valence-corrected chi connectivity index (χ4v) is 4.88. The Morgan fingerprint density at radius 3 is 2.50 bits per heavy atom. The highest BCUT2D eigenvalue weighted by atomic mass is 32.2. The van der Waals surface area contributed by atoms with Gasteiger partial charge in [0.05, 0.1) is 21.8 Å². The fourth-order valence-electron chi connectivity index (χ4n) is 4.02. The Labute approximate surface area is 200 Å². The van der Waals surface area contributed by atoms with Gasteiger partial charge >= 0.3 is 6.03 Å². The number of carbonyl (C=O) groups is 3. The maximum atomic E-state index is 15.8. The molecule has 0 saturated carbocycles. The molecule has 3 rings (SSSR count). The number of alkyl halides is 1. The fraction of sp³-hybridized carbons (Fsp3) is 0.609. The summed E-state index contributed by atoms with van der Waals surface area (Å²) in [5.74, 6) is -3.86. The average Bonchev–Trinajstić information content (AvgIpc) is 2.76. The van der Waals surface area contributed by atoms with Crippen LogP contribution in [0.1, 0.15) is 57.2 Å². The second kappa shape index (κ2) is 10.6. The number of nitrogens with one attached hydrogen (secondary N) is 2. The molecular formula is C23H31F2N3O5S. The number of amides is 4. The highest BCUT2D eigenvalue weighted by Gasteiger charge is 2.46. The van der Waals surface area contributed by atoms with Crippen molar-refractivity contribution in [3.63, 3.8) is 0 Å². The number of carbonyl (C=O) groups excluding carboxylic acids is 3. The van der Waals surface area contributed by atoms with Crippen LogP contribution in [-0.2, 0) is 25.3 Å². The molecule has 2 aliphatic heterocycles. The SMILES string of the molecule is Cc1ccc(F)c([C@@H](N[S@@](=O)C(C)(C)C)[C@H](F)CC2C(=O)NC(=O)N(C3CCOCC3)C2=O)c1. The molecule has 2 saturated heterocycles. The summed E-state index contributed by atoms with van der Waals surface area (Å²) in [7, 11) is -1.76. The molecule has 4 atom stereocenters. The molecule has 2 fully saturated rings. The van der Waals surface area contributed by atoms with Gasteiger partial charge in [-0.25, -0.2) is 22.5 Å². The van der Waals surface area contributed by atoms with Crippen LogP contribution in [0.15, 0.2) is 18.2 Å². The van der Waals surface area contributed by atoms with Gasteiger partial charge in [-0.05, 0) is 46.6 Å². The van der Waals surface area contributed by atoms with Crippen molar-refractivity contribution in [3.05, 3.63) is 35.1 Å². The number of aryl methyl sites for hydroxylation is 1. The Kier molecular flexibility index (Phi) is 8.20. The molecule has 1 unspecified atom stereocenters. The Hall–Kier alpha value is -2.24. The molecule has 2 N–H and O–H groups in total. The Bertz CT molecular complexity index is 978. The number of benzene rings is 1. The normalized spacial score (nSPS) is 22.9. The number of ether oxygens (including phenoxy) is 1. The Balaban J connectivity index is 1.88. The predicted molar refractivity (Wildman–Crippen MR) is 122 cm³/mol. The van der Waals surface area contributed by atoms with Gasteiger partial charge in [-0.1, -0.05) is 17.7 Å². The third-order valence-corrected chi connectivity index (χ3v) is 7.54. The van der Waals surface area contributed by atoms with Gasteiger partial charge in [-0.3, -0.25) is 19.8 Å². The number of nitrogens with zero attached hydrogens (tertiary/aromatic N) is 1. The summed E-state index contributed by atoms with van der Waals surface area (Å²) in [5, 5.41) is 2.14. The molecule has 0 spiro atoms. The molecule has 0 bridgehead atoms. The van der Waals surface area contributed by atoms with E-state index in [1.807, 2.05) is 0 Å². The molecule has 1 aromatic rings. The number of hydrogen-bond acceptors (Lipinski definition) is 5. The van der Waals surface area contributed by atoms with E-state index in [1.165, 1.54) is 18.2 Å². The molecule has 34 heavy (non-hydrogen) atoms. The van der Waals surface area contributed by atoms with Crippen LogP contribution < -0.4 is 10.0 Å². The van der Waals surface area contributed by atoms with E-state index >= 15 is 4.39 Å². The van der Waals surface area contributed by atoms with E-state index in [1.54, 1.807) is 27.7 Å². The average molecular weight is 500 g/mol. The largest absolute Gasteiger partial charge is 0.381 e. The lowest BCUT2D eigenvalue weighted by Gasteiger charge is -2.38. The smallest absolute Gasteiger partial charge is 0.331 e. The zero-order valence-electron chi connectivity index (χ0n) is 19.7. The van der Waals surface area contributed by atoms with Gasteiger partial charge in [0.1, 0.15) is 17.9 Å². The highest BCUT2D eigenvalue weighted by molar-refractivity contribution is 7.84. The summed E-state index contributed by atoms with van der Waals surface area (Å²) < 4.78 is 50.4. The summed E-state index contributed by atoms with van der Waals surface area (Å²) in [6, 6.07) is 1.50. The zero-order chi connectivity index (χ0) is 25.2. The van der Waals surface area contributed by atoms with E-state index in [0.717, 1.165) is 4.90 Å². The number of imide groups is 2. The first kappa shape index (κ1) is 26.4. The first-order valence-electron chi connectivity index (χ1n) is 11.2. The Morgan fingerprint density at radius 2 is 1.88 bits per heavy atom. The van der Waals surface area contributed by atoms with Crippen molar-refractivity contribution in [2.45, 2.75) is 70.0 Å². The number of halogens is 2. The number of urea groups is 1. The van der Waals surface area contributed by atoms with Crippen LogP contribution in [0, 0.1) is 18.7 Å². The minimum Gasteiger partial charge on any atom is -0.381 e. The van der Waals surface area contributed by atoms with Crippen molar-refractivity contribution >= 4 is 28.8 Å². The van der Waals surface area contributed by atoms with Gasteiger partial charge < -0.3 is 4.74 Å². The minimum atomic E-state index is -1.95. The predicted octanol–water partition coefficient (Wildman–Crippen LogP) is 2.83. The molecular weight excluding hydrogens is 468 g/mol. The molecule has 0 radical (unpaired) electrons. The second-order valence-corrected chi connectivity index (χ2v) is 11.6. The van der Waals surface area contributed by atoms with Crippen LogP contribution >= 0.6 is 0 Å². The van der Waals surface area contributed by atoms with Crippen molar-refractivity contribution in [2.24, 2.45) is 5.92 Å². The summed E-state index contributed by atoms with van der Waals surface area (Å²) in [6.07, 6.45) is -1.72. The van der Waals surface area contributed by atoms with Crippen LogP contribution in [0.3, 0.4) is 0 Å². The zero-order valence-corrected chi connectivity index (χ0v) is 20.5. The maximum absolute atomic E-state index is 15.8. The molecule has 8 nitrogen and oxygen atoms in total. The molecule has 188 valence electrons. The van der Waals surface area contributed by atoms with E-state index in [0.29, 0.717) is 31.6 Å². The van der Waals surface area contributed by atoms with Gasteiger partial charge in [0, 0.05) is 31.2 Å². The van der Waals surface area contributed by atoms with Crippen LogP contribution in [0.4, 0.5) is 13.6 Å². The van der Waals surface area contributed by atoms with Gasteiger partial charge in [0.25, 0.3) is 0 Å². The lowest BCUT2D eigenvalue weighted by atomic mass is 9.90. The third kappa shape index (κ3) is 5.87. The van der Waals surface area contributed by atoms with Gasteiger partial charge in [0.2, 0.25) is 11.8 Å². The van der Waals surface area contributed by atoms with Crippen molar-refractivity contribution in [1.82, 2.24) is 14.9 Å². The molecule has 4 amide bonds. The van der Waals surface area contributed by atoms with Crippen LogP contribution in [0.2, 0.25) is 0 Å². The van der Waals surface area contributed by atoms with E-state index in [2.05, 4.69) is 10.0 Å². The van der Waals surface area contributed by atoms with Crippen LogP contribution in [-0.4, -0.2) is 57.1 Å². The monoisotopic (exact) mass is 499 g/mol. The molecule has 11 heteroatoms. The number of rotatable bonds is 7. The molecule has 0 aromatic heterocycles. The maximum Gasteiger partial charge on any atom is 0.331 e. The quantitative estimate of drug-likeness (QED) is 0.562. The second-order valence-electron chi connectivity index (χ2n) is 9.65. The van der Waals surface area contributed by atoms with Crippen molar-refractivity contribution in [2.75, 3.05) is 13.2 Å². The topological polar surface area (TPSA) is 105 Å². The van der Waals surface area contributed by atoms with E-state index in [4.69, 9.17) is 4.74 Å². The summed E-state index contributed by atoms with van der Waals surface area (Å²) >= 11 is 0. The van der Waals surface area contributed by atoms with Crippen molar-refractivity contribution < 1.29 is 32.1 Å². The first-order valence-corrected chi connectivity index (χ1v) is 12.4. The first-order chi connectivity index (χ1) is 15.9. The standard InChI is InChI=1S/C23H31F2N3O5S/c1-13-5-6-17(24)15(11-13)19(27-34(32)23(2,3)4)18(25)12-16-20(29)26-22(31)28(21(16)30)14-7-9-33-10-8-14/h5-6,11,14,16,18-19,27H,7-10,12H2,1-4H3,(H,26,29,31)/t16?,18-,19-,34+/m1/s1. The number of barbiturate groups is 1. The van der Waals surface area contributed by atoms with Crippen LogP contribution in [0.25, 0.3) is 0 Å². The minimum absolute atomic E-state index is 0.0499. The molecule has 1 aromatic carbocycles. The van der Waals surface area contributed by atoms with E-state index in [-0.39, 0.29) is 5.56 Å². The van der Waals surface area contributed by atoms with Gasteiger partial charge in [-0.2, -0.15) is 0 Å². The van der Waals surface area contributed by atoms with Crippen molar-refractivity contribution in [1.29, 1.82) is 0 Å². The lowest BCUT2D eigenvalue weighted by Crippen LogP contribution is -2.62. The Morgan fingerprint density at radius 1 is 1.24 bits per heavy atom. The molecule has 0 aliphatic carbocycles. The number of hydrogen-bond donors (Lipinski definition) is 2. The highest BCUT2D eigenvalue weighted by Crippen LogP contribution is 2.31. The van der Waals surface area contributed by atoms with Crippen molar-refractivity contribution in [3.8, 4) is 0 Å². The molecule has 2 aliphatic rings.